The van der Waals surface area contributed by atoms with Crippen LogP contribution < -0.4 is 9.73 Å². The molecule has 144 valence electrons. The third-order valence-electron chi connectivity index (χ3n) is 3.80. The molecule has 2 aromatic heterocycles. The van der Waals surface area contributed by atoms with Gasteiger partial charge in [0, 0.05) is 11.1 Å². The van der Waals surface area contributed by atoms with E-state index in [9.17, 15) is 13.2 Å². The molecule has 0 unspecified atom stereocenters. The topological polar surface area (TPSA) is 91.7 Å². The molecule has 0 spiro atoms. The second-order valence-electron chi connectivity index (χ2n) is 5.77. The van der Waals surface area contributed by atoms with Crippen molar-refractivity contribution in [1.29, 1.82) is 0 Å². The number of anilines is 1. The largest absolute Gasteiger partial charge is 0.271 e. The van der Waals surface area contributed by atoms with Gasteiger partial charge in [0.15, 0.2) is 0 Å². The summed E-state index contributed by atoms with van der Waals surface area (Å²) >= 11 is 1.50. The van der Waals surface area contributed by atoms with Gasteiger partial charge >= 0.3 is 0 Å². The molecule has 1 amide bonds. The van der Waals surface area contributed by atoms with Crippen molar-refractivity contribution in [3.05, 3.63) is 76.6 Å². The second-order valence-corrected chi connectivity index (χ2v) is 8.58. The molecule has 1 N–H and O–H groups in total. The zero-order valence-corrected chi connectivity index (χ0v) is 16.7. The SMILES string of the molecule is Cc1ccsc1C=NNC(=O)CN(c1ccccn1)S(=O)(=O)c1ccccc1. The lowest BCUT2D eigenvalue weighted by Gasteiger charge is -2.22. The summed E-state index contributed by atoms with van der Waals surface area (Å²) in [6.45, 7) is 1.49. The highest BCUT2D eigenvalue weighted by Gasteiger charge is 2.27. The minimum absolute atomic E-state index is 0.0752. The zero-order chi connectivity index (χ0) is 20.0. The third kappa shape index (κ3) is 4.62. The Kier molecular flexibility index (Phi) is 6.17. The van der Waals surface area contributed by atoms with Gasteiger partial charge in [-0.3, -0.25) is 4.79 Å². The van der Waals surface area contributed by atoms with Crippen molar-refractivity contribution in [2.75, 3.05) is 10.8 Å². The van der Waals surface area contributed by atoms with Gasteiger partial charge in [-0.25, -0.2) is 23.1 Å². The Hall–Kier alpha value is -3.04. The average Bonchev–Trinajstić information content (AvgIpc) is 3.12. The van der Waals surface area contributed by atoms with E-state index in [0.29, 0.717) is 0 Å². The number of benzene rings is 1. The summed E-state index contributed by atoms with van der Waals surface area (Å²) in [6.07, 6.45) is 3.01. The summed E-state index contributed by atoms with van der Waals surface area (Å²) < 4.78 is 27.0. The fourth-order valence-corrected chi connectivity index (χ4v) is 4.54. The number of rotatable bonds is 7. The van der Waals surface area contributed by atoms with Gasteiger partial charge in [0.05, 0.1) is 11.1 Å². The van der Waals surface area contributed by atoms with Crippen LogP contribution >= 0.6 is 11.3 Å². The van der Waals surface area contributed by atoms with Gasteiger partial charge in [0.25, 0.3) is 15.9 Å². The van der Waals surface area contributed by atoms with E-state index in [1.165, 1.54) is 41.9 Å². The molecule has 1 aromatic carbocycles. The normalized spacial score (nSPS) is 11.5. The molecule has 3 aromatic rings. The number of nitrogens with one attached hydrogen (secondary N) is 1. The summed E-state index contributed by atoms with van der Waals surface area (Å²) in [6, 6.07) is 14.7. The number of carbonyl (C=O) groups is 1. The number of hydrazone groups is 1. The van der Waals surface area contributed by atoms with Crippen molar-refractivity contribution < 1.29 is 13.2 Å². The molecule has 0 aliphatic rings. The van der Waals surface area contributed by atoms with Crippen molar-refractivity contribution in [2.24, 2.45) is 5.10 Å². The highest BCUT2D eigenvalue weighted by atomic mass is 32.2. The number of nitrogens with zero attached hydrogens (tertiary/aromatic N) is 3. The molecule has 0 radical (unpaired) electrons. The molecule has 0 saturated carbocycles. The molecular weight excluding hydrogens is 396 g/mol. The quantitative estimate of drug-likeness (QED) is 0.475. The van der Waals surface area contributed by atoms with Gasteiger partial charge in [-0.2, -0.15) is 5.10 Å². The van der Waals surface area contributed by atoms with Crippen molar-refractivity contribution in [2.45, 2.75) is 11.8 Å². The molecule has 3 rings (SSSR count). The average molecular weight is 415 g/mol. The van der Waals surface area contributed by atoms with Gasteiger partial charge < -0.3 is 0 Å². The van der Waals surface area contributed by atoms with Crippen LogP contribution in [0.4, 0.5) is 5.82 Å². The van der Waals surface area contributed by atoms with Gasteiger partial charge in [-0.15, -0.1) is 11.3 Å². The fourth-order valence-electron chi connectivity index (χ4n) is 2.36. The van der Waals surface area contributed by atoms with Crippen molar-refractivity contribution in [3.8, 4) is 0 Å². The standard InChI is InChI=1S/C19H18N4O3S2/c1-15-10-12-27-17(15)13-21-22-19(24)14-23(18-9-5-6-11-20-18)28(25,26)16-7-3-2-4-8-16/h2-13H,14H2,1H3,(H,22,24). The lowest BCUT2D eigenvalue weighted by atomic mass is 10.3. The van der Waals surface area contributed by atoms with Crippen LogP contribution in [0, 0.1) is 6.92 Å². The van der Waals surface area contributed by atoms with Gasteiger partial charge in [0.2, 0.25) is 0 Å². The van der Waals surface area contributed by atoms with Crippen molar-refractivity contribution >= 4 is 39.3 Å². The monoisotopic (exact) mass is 414 g/mol. The Morgan fingerprint density at radius 2 is 1.93 bits per heavy atom. The molecule has 0 bridgehead atoms. The minimum Gasteiger partial charge on any atom is -0.271 e. The van der Waals surface area contributed by atoms with Crippen LogP contribution in [0.3, 0.4) is 0 Å². The Morgan fingerprint density at radius 3 is 2.57 bits per heavy atom. The highest BCUT2D eigenvalue weighted by molar-refractivity contribution is 7.92. The van der Waals surface area contributed by atoms with Crippen LogP contribution in [0.5, 0.6) is 0 Å². The first kappa shape index (κ1) is 19.7. The number of sulfonamides is 1. The van der Waals surface area contributed by atoms with E-state index < -0.39 is 22.5 Å². The first-order chi connectivity index (χ1) is 13.5. The Morgan fingerprint density at radius 1 is 1.18 bits per heavy atom. The Balaban J connectivity index is 1.81. The lowest BCUT2D eigenvalue weighted by molar-refractivity contribution is -0.119. The number of aryl methyl sites for hydroxylation is 1. The van der Waals surface area contributed by atoms with Crippen LogP contribution in [0.15, 0.2) is 76.2 Å². The smallest absolute Gasteiger partial charge is 0.265 e. The Bertz CT molecular complexity index is 1060. The minimum atomic E-state index is -3.96. The van der Waals surface area contributed by atoms with Crippen LogP contribution in [0.25, 0.3) is 0 Å². The maximum absolute atomic E-state index is 13.0. The van der Waals surface area contributed by atoms with Gasteiger partial charge in [-0.1, -0.05) is 24.3 Å². The van der Waals surface area contributed by atoms with Gasteiger partial charge in [0.1, 0.15) is 12.4 Å². The maximum atomic E-state index is 13.0. The fraction of sp³-hybridized carbons (Fsp3) is 0.105. The molecule has 0 aliphatic heterocycles. The van der Waals surface area contributed by atoms with Crippen LogP contribution in [-0.2, 0) is 14.8 Å². The lowest BCUT2D eigenvalue weighted by Crippen LogP contribution is -2.40. The predicted octanol–water partition coefficient (Wildman–Crippen LogP) is 2.80. The zero-order valence-electron chi connectivity index (χ0n) is 15.0. The summed E-state index contributed by atoms with van der Waals surface area (Å²) in [5.41, 5.74) is 3.42. The molecule has 0 fully saturated rings. The number of amides is 1. The molecule has 7 nitrogen and oxygen atoms in total. The number of hydrogen-bond acceptors (Lipinski definition) is 6. The molecule has 0 atom stereocenters. The number of pyridine rings is 1. The van der Waals surface area contributed by atoms with Crippen molar-refractivity contribution in [1.82, 2.24) is 10.4 Å². The van der Waals surface area contributed by atoms with E-state index in [1.54, 1.807) is 30.3 Å². The Labute approximate surface area is 167 Å². The van der Waals surface area contributed by atoms with Crippen LogP contribution in [-0.4, -0.2) is 32.1 Å². The molecule has 2 heterocycles. The summed E-state index contributed by atoms with van der Waals surface area (Å²) in [5, 5.41) is 5.84. The molecular formula is C19H18N4O3S2. The first-order valence-corrected chi connectivity index (χ1v) is 10.7. The van der Waals surface area contributed by atoms with E-state index in [2.05, 4.69) is 15.5 Å². The molecule has 0 aliphatic carbocycles. The molecule has 28 heavy (non-hydrogen) atoms. The summed E-state index contributed by atoms with van der Waals surface area (Å²) in [7, 11) is -3.96. The molecule has 0 saturated heterocycles. The summed E-state index contributed by atoms with van der Waals surface area (Å²) in [4.78, 5) is 17.4. The second kappa shape index (κ2) is 8.77. The van der Waals surface area contributed by atoms with Crippen molar-refractivity contribution in [3.63, 3.8) is 0 Å². The third-order valence-corrected chi connectivity index (χ3v) is 6.51. The van der Waals surface area contributed by atoms with E-state index in [-0.39, 0.29) is 10.7 Å². The number of thiophene rings is 1. The molecule has 9 heteroatoms. The van der Waals surface area contributed by atoms with Gasteiger partial charge in [-0.05, 0) is 48.2 Å². The van der Waals surface area contributed by atoms with E-state index in [1.807, 2.05) is 18.4 Å². The van der Waals surface area contributed by atoms with Crippen LogP contribution in [0.1, 0.15) is 10.4 Å². The number of carbonyl (C=O) groups excluding carboxylic acids is 1. The number of aromatic nitrogens is 1. The highest BCUT2D eigenvalue weighted by Crippen LogP contribution is 2.21. The number of hydrogen-bond donors (Lipinski definition) is 1. The van der Waals surface area contributed by atoms with Crippen LogP contribution in [0.2, 0.25) is 0 Å². The van der Waals surface area contributed by atoms with E-state index >= 15 is 0 Å². The predicted molar refractivity (Wildman–Crippen MR) is 110 cm³/mol. The van der Waals surface area contributed by atoms with E-state index in [4.69, 9.17) is 0 Å². The summed E-state index contributed by atoms with van der Waals surface area (Å²) in [5.74, 6) is -0.421. The van der Waals surface area contributed by atoms with E-state index in [0.717, 1.165) is 14.7 Å². The first-order valence-electron chi connectivity index (χ1n) is 8.33. The maximum Gasteiger partial charge on any atom is 0.265 e.